The first-order valence-electron chi connectivity index (χ1n) is 4.66. The third kappa shape index (κ3) is 6.38. The van der Waals surface area contributed by atoms with Crippen LogP contribution in [0, 0.1) is 0 Å². The van der Waals surface area contributed by atoms with Crippen molar-refractivity contribution in [3.05, 3.63) is 10.4 Å². The topological polar surface area (TPSA) is 164 Å². The van der Waals surface area contributed by atoms with Gasteiger partial charge >= 0.3 is 7.60 Å². The Kier molecular flexibility index (Phi) is 6.33. The first-order chi connectivity index (χ1) is 7.69. The fraction of sp³-hybridized carbons (Fsp3) is 0.857. The highest BCUT2D eigenvalue weighted by molar-refractivity contribution is 7.51. The van der Waals surface area contributed by atoms with Crippen molar-refractivity contribution in [1.29, 1.82) is 0 Å². The van der Waals surface area contributed by atoms with E-state index in [1.54, 1.807) is 0 Å². The van der Waals surface area contributed by atoms with E-state index in [4.69, 9.17) is 15.3 Å². The van der Waals surface area contributed by atoms with Gasteiger partial charge in [0.1, 0.15) is 6.10 Å². The number of hydrogen-bond donors (Lipinski definition) is 4. The summed E-state index contributed by atoms with van der Waals surface area (Å²) in [6.07, 6.45) is -4.70. The van der Waals surface area contributed by atoms with Gasteiger partial charge in [0.25, 0.3) is 0 Å². The molecule has 0 aliphatic carbocycles. The minimum absolute atomic E-state index is 0.564. The van der Waals surface area contributed by atoms with Gasteiger partial charge in [-0.25, -0.2) is 0 Å². The van der Waals surface area contributed by atoms with Crippen molar-refractivity contribution in [2.24, 2.45) is 5.11 Å². The molecule has 0 saturated heterocycles. The molecule has 9 nitrogen and oxygen atoms in total. The number of Topliss-reactive ketones (excluding diaryl/α,β-unsaturated/α-hetero) is 1. The minimum atomic E-state index is -4.32. The number of carbonyl (C=O) groups is 1. The molecule has 0 aromatic carbocycles. The molecular formula is C7H14N3O6P. The van der Waals surface area contributed by atoms with Crippen molar-refractivity contribution in [2.45, 2.75) is 31.6 Å². The molecule has 0 aliphatic heterocycles. The molecule has 0 aromatic rings. The fourth-order valence-electron chi connectivity index (χ4n) is 1.01. The van der Waals surface area contributed by atoms with Gasteiger partial charge in [0, 0.05) is 11.3 Å². The third-order valence-electron chi connectivity index (χ3n) is 2.03. The standard InChI is InChI=1S/C7H14N3O6P/c1-4(9-10-8)6(12)7(13)5(11)2-3-17(14,15)16/h4,6-7,12-13H,2-3H2,1H3,(H2,14,15,16)/t4-,6?,7?/m1/s1. The van der Waals surface area contributed by atoms with Gasteiger partial charge in [-0.1, -0.05) is 12.0 Å². The van der Waals surface area contributed by atoms with Crippen LogP contribution in [0.2, 0.25) is 0 Å². The fourth-order valence-corrected chi connectivity index (χ4v) is 1.52. The summed E-state index contributed by atoms with van der Waals surface area (Å²) in [7, 11) is -4.32. The SMILES string of the molecule is C[C@@H](N=[N+]=[N-])C(O)C(O)C(=O)CCP(=O)(O)O. The van der Waals surface area contributed by atoms with E-state index in [0.717, 1.165) is 0 Å². The Morgan fingerprint density at radius 3 is 2.41 bits per heavy atom. The average molecular weight is 267 g/mol. The molecule has 0 heterocycles. The van der Waals surface area contributed by atoms with Crippen LogP contribution in [0.4, 0.5) is 0 Å². The molecule has 3 atom stereocenters. The first kappa shape index (κ1) is 16.1. The number of nitrogens with zero attached hydrogens (tertiary/aromatic N) is 3. The summed E-state index contributed by atoms with van der Waals surface area (Å²) in [5.41, 5.74) is 8.09. The van der Waals surface area contributed by atoms with Crippen LogP contribution in [0.1, 0.15) is 13.3 Å². The second-order valence-electron chi connectivity index (χ2n) is 3.49. The predicted molar refractivity (Wildman–Crippen MR) is 57.2 cm³/mol. The van der Waals surface area contributed by atoms with Crippen LogP contribution < -0.4 is 0 Å². The van der Waals surface area contributed by atoms with Gasteiger partial charge in [0.05, 0.1) is 18.3 Å². The van der Waals surface area contributed by atoms with E-state index in [2.05, 4.69) is 10.0 Å². The van der Waals surface area contributed by atoms with Crippen molar-refractivity contribution < 1.29 is 29.4 Å². The average Bonchev–Trinajstić information content (AvgIpc) is 2.23. The van der Waals surface area contributed by atoms with Crippen LogP contribution >= 0.6 is 7.60 Å². The molecule has 0 radical (unpaired) electrons. The lowest BCUT2D eigenvalue weighted by Crippen LogP contribution is -2.40. The summed E-state index contributed by atoms with van der Waals surface area (Å²) < 4.78 is 10.5. The number of aliphatic hydroxyl groups excluding tert-OH is 2. The Bertz CT molecular complexity index is 363. The van der Waals surface area contributed by atoms with Crippen molar-refractivity contribution in [3.63, 3.8) is 0 Å². The van der Waals surface area contributed by atoms with E-state index in [1.807, 2.05) is 0 Å². The quantitative estimate of drug-likeness (QED) is 0.211. The van der Waals surface area contributed by atoms with E-state index >= 15 is 0 Å². The van der Waals surface area contributed by atoms with Crippen LogP contribution in [0.15, 0.2) is 5.11 Å². The molecule has 0 saturated carbocycles. The number of hydrogen-bond acceptors (Lipinski definition) is 5. The summed E-state index contributed by atoms with van der Waals surface area (Å²) in [6.45, 7) is 1.30. The van der Waals surface area contributed by atoms with Crippen LogP contribution in [-0.2, 0) is 9.36 Å². The van der Waals surface area contributed by atoms with Gasteiger partial charge in [0.15, 0.2) is 5.78 Å². The lowest BCUT2D eigenvalue weighted by atomic mass is 10.0. The van der Waals surface area contributed by atoms with Crippen molar-refractivity contribution in [3.8, 4) is 0 Å². The maximum atomic E-state index is 11.3. The molecule has 2 unspecified atom stereocenters. The van der Waals surface area contributed by atoms with Gasteiger partial charge < -0.3 is 20.0 Å². The maximum absolute atomic E-state index is 11.3. The third-order valence-corrected chi connectivity index (χ3v) is 2.84. The normalized spacial score (nSPS) is 16.8. The number of carbonyl (C=O) groups excluding carboxylic acids is 1. The Balaban J connectivity index is 4.39. The number of rotatable bonds is 7. The van der Waals surface area contributed by atoms with Gasteiger partial charge in [-0.15, -0.1) is 0 Å². The highest BCUT2D eigenvalue weighted by Crippen LogP contribution is 2.35. The second-order valence-corrected chi connectivity index (χ2v) is 5.26. The summed E-state index contributed by atoms with van der Waals surface area (Å²) in [5.74, 6) is -0.916. The number of azide groups is 1. The molecule has 10 heteroatoms. The van der Waals surface area contributed by atoms with Crippen LogP contribution in [-0.4, -0.2) is 50.2 Å². The molecule has 0 aromatic heterocycles. The van der Waals surface area contributed by atoms with E-state index in [-0.39, 0.29) is 0 Å². The Morgan fingerprint density at radius 2 is 2.00 bits per heavy atom. The van der Waals surface area contributed by atoms with Crippen molar-refractivity contribution >= 4 is 13.4 Å². The largest absolute Gasteiger partial charge is 0.390 e. The van der Waals surface area contributed by atoms with Crippen LogP contribution in [0.5, 0.6) is 0 Å². The monoisotopic (exact) mass is 267 g/mol. The van der Waals surface area contributed by atoms with Gasteiger partial charge in [-0.2, -0.15) is 0 Å². The molecule has 0 aliphatic rings. The van der Waals surface area contributed by atoms with E-state index in [1.165, 1.54) is 6.92 Å². The summed E-state index contributed by atoms with van der Waals surface area (Å²) in [6, 6.07) is -1.02. The van der Waals surface area contributed by atoms with E-state index in [0.29, 0.717) is 0 Å². The van der Waals surface area contributed by atoms with Gasteiger partial charge in [-0.3, -0.25) is 9.36 Å². The Hall–Kier alpha value is -0.950. The maximum Gasteiger partial charge on any atom is 0.326 e. The minimum Gasteiger partial charge on any atom is -0.390 e. The van der Waals surface area contributed by atoms with Gasteiger partial charge in [-0.05, 0) is 5.53 Å². The number of ketones is 1. The summed E-state index contributed by atoms with van der Waals surface area (Å²) in [4.78, 5) is 30.7. The number of aliphatic hydroxyl groups is 2. The molecule has 0 spiro atoms. The molecule has 0 amide bonds. The molecule has 17 heavy (non-hydrogen) atoms. The van der Waals surface area contributed by atoms with Crippen LogP contribution in [0.3, 0.4) is 0 Å². The second kappa shape index (κ2) is 6.70. The summed E-state index contributed by atoms with van der Waals surface area (Å²) >= 11 is 0. The molecule has 0 fully saturated rings. The zero-order chi connectivity index (χ0) is 13.6. The summed E-state index contributed by atoms with van der Waals surface area (Å²) in [5, 5.41) is 21.8. The zero-order valence-electron chi connectivity index (χ0n) is 9.04. The molecule has 98 valence electrons. The zero-order valence-corrected chi connectivity index (χ0v) is 9.93. The lowest BCUT2D eigenvalue weighted by molar-refractivity contribution is -0.133. The lowest BCUT2D eigenvalue weighted by Gasteiger charge is -2.19. The smallest absolute Gasteiger partial charge is 0.326 e. The van der Waals surface area contributed by atoms with Crippen molar-refractivity contribution in [2.75, 3.05) is 6.16 Å². The molecular weight excluding hydrogens is 253 g/mol. The highest BCUT2D eigenvalue weighted by atomic mass is 31.2. The van der Waals surface area contributed by atoms with E-state index in [9.17, 15) is 19.6 Å². The molecule has 4 N–H and O–H groups in total. The van der Waals surface area contributed by atoms with E-state index < -0.39 is 44.2 Å². The molecule has 0 rings (SSSR count). The van der Waals surface area contributed by atoms with Gasteiger partial charge in [0.2, 0.25) is 0 Å². The van der Waals surface area contributed by atoms with Crippen molar-refractivity contribution in [1.82, 2.24) is 0 Å². The Labute approximate surface area is 96.9 Å². The first-order valence-corrected chi connectivity index (χ1v) is 6.46. The highest BCUT2D eigenvalue weighted by Gasteiger charge is 2.29. The predicted octanol–water partition coefficient (Wildman–Crippen LogP) is -0.456. The molecule has 0 bridgehead atoms. The van der Waals surface area contributed by atoms with Crippen LogP contribution in [0.25, 0.3) is 10.4 Å². The Morgan fingerprint density at radius 1 is 1.47 bits per heavy atom.